The molecule has 70 valence electrons. The number of rotatable bonds is 1. The molecule has 0 radical (unpaired) electrons. The van der Waals surface area contributed by atoms with Crippen LogP contribution >= 0.6 is 0 Å². The summed E-state index contributed by atoms with van der Waals surface area (Å²) in [7, 11) is -3.77. The summed E-state index contributed by atoms with van der Waals surface area (Å²) in [6.07, 6.45) is 0. The molecule has 5 nitrogen and oxygen atoms in total. The molecule has 0 aromatic heterocycles. The van der Waals surface area contributed by atoms with Crippen molar-refractivity contribution in [2.24, 2.45) is 5.14 Å². The van der Waals surface area contributed by atoms with E-state index in [9.17, 15) is 8.42 Å². The van der Waals surface area contributed by atoms with Crippen LogP contribution in [0.3, 0.4) is 0 Å². The maximum Gasteiger partial charge on any atom is 0.239 e. The number of hydrogen-bond donors (Lipinski definition) is 1. The summed E-state index contributed by atoms with van der Waals surface area (Å²) in [5.74, 6) is 0. The van der Waals surface area contributed by atoms with Crippen molar-refractivity contribution < 1.29 is 13.9 Å². The standard InChI is InChI=1S/C7H6N2O2S.H2O/c8-5-6-3-1-2-4-7(6)12(9,10)11;/h1-4H,(H2,9,10,11);1H2. The highest BCUT2D eigenvalue weighted by Crippen LogP contribution is 2.11. The molecule has 0 amide bonds. The van der Waals surface area contributed by atoms with Crippen LogP contribution in [0, 0.1) is 11.3 Å². The third-order valence-corrected chi connectivity index (χ3v) is 2.28. The second kappa shape index (κ2) is 4.00. The lowest BCUT2D eigenvalue weighted by Gasteiger charge is -1.98. The zero-order valence-electron chi connectivity index (χ0n) is 6.56. The molecule has 1 rings (SSSR count). The second-order valence-corrected chi connectivity index (χ2v) is 3.68. The summed E-state index contributed by atoms with van der Waals surface area (Å²) in [5.41, 5.74) is 0.0694. The molecule has 0 aliphatic heterocycles. The normalized spacial score (nSPS) is 9.85. The summed E-state index contributed by atoms with van der Waals surface area (Å²) >= 11 is 0. The first-order valence-electron chi connectivity index (χ1n) is 3.07. The van der Waals surface area contributed by atoms with Crippen molar-refractivity contribution >= 4 is 10.0 Å². The van der Waals surface area contributed by atoms with Crippen LogP contribution in [0.2, 0.25) is 0 Å². The predicted molar refractivity (Wildman–Crippen MR) is 46.1 cm³/mol. The van der Waals surface area contributed by atoms with E-state index in [-0.39, 0.29) is 15.9 Å². The molecule has 0 aliphatic carbocycles. The highest BCUT2D eigenvalue weighted by molar-refractivity contribution is 7.89. The van der Waals surface area contributed by atoms with Crippen LogP contribution in [0.15, 0.2) is 29.2 Å². The number of benzene rings is 1. The molecule has 0 fully saturated rings. The van der Waals surface area contributed by atoms with E-state index in [1.807, 2.05) is 0 Å². The summed E-state index contributed by atoms with van der Waals surface area (Å²) in [4.78, 5) is -0.132. The van der Waals surface area contributed by atoms with E-state index in [4.69, 9.17) is 10.4 Å². The Kier molecular flexibility index (Phi) is 3.56. The van der Waals surface area contributed by atoms with Gasteiger partial charge in [-0.15, -0.1) is 0 Å². The van der Waals surface area contributed by atoms with Gasteiger partial charge in [-0.1, -0.05) is 12.1 Å². The molecule has 0 spiro atoms. The third kappa shape index (κ3) is 2.52. The number of nitrogens with two attached hydrogens (primary N) is 1. The fourth-order valence-corrected chi connectivity index (χ4v) is 1.50. The molecule has 0 saturated carbocycles. The lowest BCUT2D eigenvalue weighted by molar-refractivity contribution is 0.597. The summed E-state index contributed by atoms with van der Waals surface area (Å²) in [5, 5.41) is 13.4. The minimum Gasteiger partial charge on any atom is -0.412 e. The quantitative estimate of drug-likeness (QED) is 0.651. The van der Waals surface area contributed by atoms with Gasteiger partial charge in [-0.3, -0.25) is 0 Å². The van der Waals surface area contributed by atoms with E-state index < -0.39 is 10.0 Å². The van der Waals surface area contributed by atoms with Gasteiger partial charge in [0.1, 0.15) is 6.07 Å². The Morgan fingerprint density at radius 3 is 2.23 bits per heavy atom. The lowest BCUT2D eigenvalue weighted by Crippen LogP contribution is -2.13. The third-order valence-electron chi connectivity index (χ3n) is 1.31. The van der Waals surface area contributed by atoms with Gasteiger partial charge < -0.3 is 5.48 Å². The number of hydrogen-bond acceptors (Lipinski definition) is 3. The summed E-state index contributed by atoms with van der Waals surface area (Å²) in [6.45, 7) is 0. The van der Waals surface area contributed by atoms with Crippen molar-refractivity contribution in [2.45, 2.75) is 4.90 Å². The van der Waals surface area contributed by atoms with Gasteiger partial charge >= 0.3 is 0 Å². The topological polar surface area (TPSA) is 115 Å². The molecule has 13 heavy (non-hydrogen) atoms. The van der Waals surface area contributed by atoms with Gasteiger partial charge in [0.2, 0.25) is 10.0 Å². The first-order chi connectivity index (χ1) is 5.55. The van der Waals surface area contributed by atoms with Gasteiger partial charge in [0.15, 0.2) is 0 Å². The van der Waals surface area contributed by atoms with Gasteiger partial charge in [0.25, 0.3) is 0 Å². The summed E-state index contributed by atoms with van der Waals surface area (Å²) in [6, 6.07) is 7.54. The zero-order chi connectivity index (χ0) is 9.19. The Morgan fingerprint density at radius 1 is 1.31 bits per heavy atom. The molecule has 0 bridgehead atoms. The van der Waals surface area contributed by atoms with Gasteiger partial charge in [0, 0.05) is 0 Å². The highest BCUT2D eigenvalue weighted by atomic mass is 32.2. The summed E-state index contributed by atoms with van der Waals surface area (Å²) < 4.78 is 21.7. The molecule has 4 N–H and O–H groups in total. The monoisotopic (exact) mass is 200 g/mol. The lowest BCUT2D eigenvalue weighted by atomic mass is 10.2. The first-order valence-corrected chi connectivity index (χ1v) is 4.62. The number of nitriles is 1. The fourth-order valence-electron chi connectivity index (χ4n) is 0.807. The van der Waals surface area contributed by atoms with E-state index in [0.29, 0.717) is 0 Å². The minimum atomic E-state index is -3.77. The molecule has 0 heterocycles. The maximum atomic E-state index is 10.8. The van der Waals surface area contributed by atoms with Crippen molar-refractivity contribution in [1.82, 2.24) is 0 Å². The van der Waals surface area contributed by atoms with Gasteiger partial charge in [0.05, 0.1) is 10.5 Å². The van der Waals surface area contributed by atoms with Crippen LogP contribution in [0.25, 0.3) is 0 Å². The molecule has 0 unspecified atom stereocenters. The number of sulfonamides is 1. The number of nitrogens with zero attached hydrogens (tertiary/aromatic N) is 1. The maximum absolute atomic E-state index is 10.8. The Labute approximate surface area is 75.8 Å². The van der Waals surface area contributed by atoms with Crippen molar-refractivity contribution in [3.8, 4) is 6.07 Å². The van der Waals surface area contributed by atoms with Crippen LogP contribution in [0.4, 0.5) is 0 Å². The average Bonchev–Trinajstić information content (AvgIpc) is 2.03. The van der Waals surface area contributed by atoms with E-state index in [1.54, 1.807) is 12.1 Å². The van der Waals surface area contributed by atoms with Crippen LogP contribution in [-0.4, -0.2) is 13.9 Å². The SMILES string of the molecule is N#Cc1ccccc1S(N)(=O)=O.O. The van der Waals surface area contributed by atoms with Crippen molar-refractivity contribution in [3.05, 3.63) is 29.8 Å². The van der Waals surface area contributed by atoms with E-state index >= 15 is 0 Å². The smallest absolute Gasteiger partial charge is 0.239 e. The van der Waals surface area contributed by atoms with Gasteiger partial charge in [-0.25, -0.2) is 13.6 Å². The van der Waals surface area contributed by atoms with Crippen molar-refractivity contribution in [3.63, 3.8) is 0 Å². The molecule has 0 atom stereocenters. The largest absolute Gasteiger partial charge is 0.412 e. The average molecular weight is 200 g/mol. The van der Waals surface area contributed by atoms with E-state index in [2.05, 4.69) is 0 Å². The zero-order valence-corrected chi connectivity index (χ0v) is 7.38. The van der Waals surface area contributed by atoms with Gasteiger partial charge in [-0.2, -0.15) is 5.26 Å². The predicted octanol–water partition coefficient (Wildman–Crippen LogP) is -0.619. The molecular formula is C7H8N2O3S. The Bertz CT molecular complexity index is 433. The van der Waals surface area contributed by atoms with E-state index in [0.717, 1.165) is 0 Å². The Morgan fingerprint density at radius 2 is 1.85 bits per heavy atom. The van der Waals surface area contributed by atoms with E-state index in [1.165, 1.54) is 18.2 Å². The first kappa shape index (κ1) is 11.6. The molecule has 0 saturated heterocycles. The molecule has 6 heteroatoms. The van der Waals surface area contributed by atoms with Crippen molar-refractivity contribution in [2.75, 3.05) is 0 Å². The molecule has 1 aromatic rings. The number of primary sulfonamides is 1. The fraction of sp³-hybridized carbons (Fsp3) is 0. The second-order valence-electron chi connectivity index (χ2n) is 2.15. The minimum absolute atomic E-state index is 0. The van der Waals surface area contributed by atoms with Crippen LogP contribution in [0.5, 0.6) is 0 Å². The highest BCUT2D eigenvalue weighted by Gasteiger charge is 2.11. The van der Waals surface area contributed by atoms with Crippen molar-refractivity contribution in [1.29, 1.82) is 5.26 Å². The Hall–Kier alpha value is -1.42. The van der Waals surface area contributed by atoms with Gasteiger partial charge in [-0.05, 0) is 12.1 Å². The van der Waals surface area contributed by atoms with Crippen LogP contribution in [0.1, 0.15) is 5.56 Å². The van der Waals surface area contributed by atoms with Crippen LogP contribution < -0.4 is 5.14 Å². The Balaban J connectivity index is 0.00000144. The molecule has 1 aromatic carbocycles. The van der Waals surface area contributed by atoms with Crippen LogP contribution in [-0.2, 0) is 10.0 Å². The molecule has 0 aliphatic rings. The molecular weight excluding hydrogens is 192 g/mol.